The van der Waals surface area contributed by atoms with Gasteiger partial charge < -0.3 is 4.74 Å². The van der Waals surface area contributed by atoms with Crippen LogP contribution >= 0.6 is 23.1 Å². The molecule has 0 amide bonds. The highest BCUT2D eigenvalue weighted by Crippen LogP contribution is 2.30. The maximum Gasteiger partial charge on any atom is 0.333 e. The number of thiazole rings is 1. The molecule has 1 heterocycles. The minimum Gasteiger partial charge on any atom is -0.466 e. The van der Waals surface area contributed by atoms with Crippen molar-refractivity contribution in [2.45, 2.75) is 4.34 Å². The number of hydrogen-bond acceptors (Lipinski definition) is 5. The van der Waals surface area contributed by atoms with Gasteiger partial charge in [-0.15, -0.1) is 11.3 Å². The topological polar surface area (TPSA) is 39.2 Å². The van der Waals surface area contributed by atoms with Crippen LogP contribution in [0.5, 0.6) is 0 Å². The minimum atomic E-state index is -0.362. The van der Waals surface area contributed by atoms with E-state index < -0.39 is 0 Å². The van der Waals surface area contributed by atoms with Gasteiger partial charge >= 0.3 is 5.97 Å². The fourth-order valence-corrected chi connectivity index (χ4v) is 3.22. The number of thioether (sulfide) groups is 1. The first kappa shape index (κ1) is 12.1. The maximum absolute atomic E-state index is 11.2. The number of benzene rings is 1. The van der Waals surface area contributed by atoms with Crippen molar-refractivity contribution in [2.75, 3.05) is 12.9 Å². The monoisotopic (exact) mass is 265 g/mol. The van der Waals surface area contributed by atoms with E-state index in [1.807, 2.05) is 24.3 Å². The normalized spacial score (nSPS) is 10.4. The second kappa shape index (κ2) is 5.33. The van der Waals surface area contributed by atoms with Crippen molar-refractivity contribution < 1.29 is 9.53 Å². The van der Waals surface area contributed by atoms with Crippen molar-refractivity contribution in [3.05, 3.63) is 36.4 Å². The molecule has 0 bridgehead atoms. The zero-order chi connectivity index (χ0) is 12.3. The molecule has 0 atom stereocenters. The molecule has 1 aromatic heterocycles. The van der Waals surface area contributed by atoms with Crippen LogP contribution in [0.3, 0.4) is 0 Å². The third-order valence-electron chi connectivity index (χ3n) is 2.12. The summed E-state index contributed by atoms with van der Waals surface area (Å²) in [6, 6.07) is 7.96. The van der Waals surface area contributed by atoms with Gasteiger partial charge in [-0.1, -0.05) is 30.5 Å². The molecule has 0 spiro atoms. The molecule has 0 radical (unpaired) electrons. The van der Waals surface area contributed by atoms with Crippen molar-refractivity contribution in [1.82, 2.24) is 4.98 Å². The van der Waals surface area contributed by atoms with E-state index in [9.17, 15) is 4.79 Å². The van der Waals surface area contributed by atoms with Crippen molar-refractivity contribution in [3.8, 4) is 0 Å². The Kier molecular flexibility index (Phi) is 3.81. The molecule has 3 nitrogen and oxygen atoms in total. The third-order valence-corrected chi connectivity index (χ3v) is 4.38. The summed E-state index contributed by atoms with van der Waals surface area (Å²) in [5, 5.41) is 0. The van der Waals surface area contributed by atoms with Crippen molar-refractivity contribution in [3.63, 3.8) is 0 Å². The first-order valence-electron chi connectivity index (χ1n) is 4.95. The van der Waals surface area contributed by atoms with Crippen LogP contribution in [0.15, 0.2) is 40.8 Å². The van der Waals surface area contributed by atoms with E-state index in [4.69, 9.17) is 0 Å². The van der Waals surface area contributed by atoms with Gasteiger partial charge in [0.25, 0.3) is 0 Å². The highest BCUT2D eigenvalue weighted by atomic mass is 32.2. The van der Waals surface area contributed by atoms with Crippen molar-refractivity contribution in [2.24, 2.45) is 0 Å². The smallest absolute Gasteiger partial charge is 0.333 e. The summed E-state index contributed by atoms with van der Waals surface area (Å²) in [6.45, 7) is 3.68. The van der Waals surface area contributed by atoms with E-state index in [1.54, 1.807) is 11.3 Å². The van der Waals surface area contributed by atoms with Crippen LogP contribution in [-0.4, -0.2) is 23.8 Å². The fourth-order valence-electron chi connectivity index (χ4n) is 1.26. The second-order valence-corrected chi connectivity index (χ2v) is 5.58. The first-order valence-corrected chi connectivity index (χ1v) is 6.75. The Hall–Kier alpha value is -1.33. The Morgan fingerprint density at radius 1 is 1.53 bits per heavy atom. The fraction of sp³-hybridized carbons (Fsp3) is 0.167. The lowest BCUT2D eigenvalue weighted by Crippen LogP contribution is -2.05. The lowest BCUT2D eigenvalue weighted by Gasteiger charge is -2.00. The Morgan fingerprint density at radius 3 is 3.00 bits per heavy atom. The number of fused-ring (bicyclic) bond motifs is 1. The Morgan fingerprint density at radius 2 is 2.29 bits per heavy atom. The SMILES string of the molecule is C=C(CSc1nc2ccccc2s1)C(=O)OC. The molecule has 0 saturated heterocycles. The molecule has 0 N–H and O–H groups in total. The van der Waals surface area contributed by atoms with Gasteiger partial charge in [-0.2, -0.15) is 0 Å². The molecule has 88 valence electrons. The van der Waals surface area contributed by atoms with Crippen LogP contribution in [0.25, 0.3) is 10.2 Å². The molecule has 17 heavy (non-hydrogen) atoms. The average Bonchev–Trinajstić information content (AvgIpc) is 2.77. The zero-order valence-corrected chi connectivity index (χ0v) is 10.9. The largest absolute Gasteiger partial charge is 0.466 e. The summed E-state index contributed by atoms with van der Waals surface area (Å²) >= 11 is 3.12. The van der Waals surface area contributed by atoms with Gasteiger partial charge in [-0.05, 0) is 12.1 Å². The lowest BCUT2D eigenvalue weighted by molar-refractivity contribution is -0.135. The number of aromatic nitrogens is 1. The highest BCUT2D eigenvalue weighted by molar-refractivity contribution is 8.01. The molecular weight excluding hydrogens is 254 g/mol. The van der Waals surface area contributed by atoms with Crippen molar-refractivity contribution >= 4 is 39.3 Å². The van der Waals surface area contributed by atoms with E-state index in [0.29, 0.717) is 11.3 Å². The van der Waals surface area contributed by atoms with Gasteiger partial charge in [-0.25, -0.2) is 9.78 Å². The molecular formula is C12H11NO2S2. The van der Waals surface area contributed by atoms with E-state index >= 15 is 0 Å². The number of methoxy groups -OCH3 is 1. The number of hydrogen-bond donors (Lipinski definition) is 0. The molecule has 0 saturated carbocycles. The van der Waals surface area contributed by atoms with Gasteiger partial charge in [0, 0.05) is 11.3 Å². The van der Waals surface area contributed by atoms with Gasteiger partial charge in [0.05, 0.1) is 17.3 Å². The molecule has 5 heteroatoms. The predicted molar refractivity (Wildman–Crippen MR) is 71.5 cm³/mol. The van der Waals surface area contributed by atoms with E-state index in [2.05, 4.69) is 16.3 Å². The quantitative estimate of drug-likeness (QED) is 0.484. The average molecular weight is 265 g/mol. The van der Waals surface area contributed by atoms with Crippen molar-refractivity contribution in [1.29, 1.82) is 0 Å². The molecule has 0 aliphatic heterocycles. The van der Waals surface area contributed by atoms with Crippen LogP contribution in [0.4, 0.5) is 0 Å². The highest BCUT2D eigenvalue weighted by Gasteiger charge is 2.09. The molecule has 0 aliphatic rings. The van der Waals surface area contributed by atoms with Crippen LogP contribution in [0.2, 0.25) is 0 Å². The number of ether oxygens (including phenoxy) is 1. The summed E-state index contributed by atoms with van der Waals surface area (Å²) in [4.78, 5) is 15.6. The van der Waals surface area contributed by atoms with E-state index in [1.165, 1.54) is 18.9 Å². The van der Waals surface area contributed by atoms with Gasteiger partial charge in [0.1, 0.15) is 0 Å². The van der Waals surface area contributed by atoms with Gasteiger partial charge in [0.2, 0.25) is 0 Å². The second-order valence-electron chi connectivity index (χ2n) is 3.33. The number of nitrogens with zero attached hydrogens (tertiary/aromatic N) is 1. The Bertz CT molecular complexity index is 529. The minimum absolute atomic E-state index is 0.362. The molecule has 1 aromatic carbocycles. The first-order chi connectivity index (χ1) is 8.20. The van der Waals surface area contributed by atoms with E-state index in [0.717, 1.165) is 14.6 Å². The summed E-state index contributed by atoms with van der Waals surface area (Å²) < 4.78 is 6.68. The number of para-hydroxylation sites is 1. The molecule has 2 rings (SSSR count). The zero-order valence-electron chi connectivity index (χ0n) is 9.30. The summed E-state index contributed by atoms with van der Waals surface area (Å²) in [7, 11) is 1.36. The predicted octanol–water partition coefficient (Wildman–Crippen LogP) is 3.12. The number of rotatable bonds is 4. The lowest BCUT2D eigenvalue weighted by atomic mass is 10.3. The van der Waals surface area contributed by atoms with Gasteiger partial charge in [-0.3, -0.25) is 0 Å². The number of esters is 1. The summed E-state index contributed by atoms with van der Waals surface area (Å²) in [6.07, 6.45) is 0. The molecule has 0 unspecified atom stereocenters. The van der Waals surface area contributed by atoms with E-state index in [-0.39, 0.29) is 5.97 Å². The Labute approximate surface area is 108 Å². The molecule has 0 fully saturated rings. The maximum atomic E-state index is 11.2. The molecule has 2 aromatic rings. The summed E-state index contributed by atoms with van der Waals surface area (Å²) in [5.74, 6) is 0.144. The van der Waals surface area contributed by atoms with Crippen LogP contribution < -0.4 is 0 Å². The summed E-state index contributed by atoms with van der Waals surface area (Å²) in [5.41, 5.74) is 1.44. The number of carbonyl (C=O) groups is 1. The number of carbonyl (C=O) groups excluding carboxylic acids is 1. The Balaban J connectivity index is 2.04. The molecule has 0 aliphatic carbocycles. The van der Waals surface area contributed by atoms with Crippen LogP contribution in [-0.2, 0) is 9.53 Å². The van der Waals surface area contributed by atoms with Crippen LogP contribution in [0.1, 0.15) is 0 Å². The van der Waals surface area contributed by atoms with Gasteiger partial charge in [0.15, 0.2) is 4.34 Å². The standard InChI is InChI=1S/C12H11NO2S2/c1-8(11(14)15-2)7-16-12-13-9-5-3-4-6-10(9)17-12/h3-6H,1,7H2,2H3. The third kappa shape index (κ3) is 2.87. The van der Waals surface area contributed by atoms with Crippen LogP contribution in [0, 0.1) is 0 Å².